The van der Waals surface area contributed by atoms with E-state index in [1.165, 1.54) is 19.2 Å². The van der Waals surface area contributed by atoms with Gasteiger partial charge in [0.05, 0.1) is 24.7 Å². The number of hydrogen-bond donors (Lipinski definition) is 0. The van der Waals surface area contributed by atoms with E-state index in [1.807, 2.05) is 20.8 Å². The van der Waals surface area contributed by atoms with E-state index >= 15 is 0 Å². The van der Waals surface area contributed by atoms with E-state index in [4.69, 9.17) is 4.74 Å². The second-order valence-electron chi connectivity index (χ2n) is 5.11. The summed E-state index contributed by atoms with van der Waals surface area (Å²) in [7, 11) is 1.36. The molecule has 0 saturated heterocycles. The molecule has 22 heavy (non-hydrogen) atoms. The van der Waals surface area contributed by atoms with Crippen LogP contribution < -0.4 is 4.90 Å². The highest BCUT2D eigenvalue weighted by atomic mass is 19.1. The lowest BCUT2D eigenvalue weighted by atomic mass is 10.0. The lowest BCUT2D eigenvalue weighted by molar-refractivity contribution is -0.139. The van der Waals surface area contributed by atoms with Gasteiger partial charge >= 0.3 is 5.97 Å². The number of rotatable bonds is 5. The first-order chi connectivity index (χ1) is 10.5. The zero-order chi connectivity index (χ0) is 16.3. The third-order valence-electron chi connectivity index (χ3n) is 3.85. The second kappa shape index (κ2) is 6.73. The summed E-state index contributed by atoms with van der Waals surface area (Å²) < 4.78 is 18.5. The van der Waals surface area contributed by atoms with Crippen LogP contribution in [0.2, 0.25) is 0 Å². The highest BCUT2D eigenvalue weighted by Gasteiger charge is 2.19. The Kier molecular flexibility index (Phi) is 4.96. The molecule has 0 aliphatic carbocycles. The average molecular weight is 304 g/mol. The van der Waals surface area contributed by atoms with Crippen LogP contribution in [0.4, 0.5) is 10.1 Å². The first-order valence-electron chi connectivity index (χ1n) is 7.42. The van der Waals surface area contributed by atoms with Crippen molar-refractivity contribution in [2.24, 2.45) is 0 Å². The van der Waals surface area contributed by atoms with Gasteiger partial charge in [-0.1, -0.05) is 0 Å². The molecule has 0 unspecified atom stereocenters. The van der Waals surface area contributed by atoms with Crippen LogP contribution in [0.15, 0.2) is 18.2 Å². The molecule has 0 aliphatic heterocycles. The van der Waals surface area contributed by atoms with Gasteiger partial charge in [0.1, 0.15) is 5.82 Å². The van der Waals surface area contributed by atoms with Gasteiger partial charge in [0, 0.05) is 29.7 Å². The van der Waals surface area contributed by atoms with Crippen LogP contribution in [-0.4, -0.2) is 31.2 Å². The minimum Gasteiger partial charge on any atom is -0.469 e. The Morgan fingerprint density at radius 1 is 1.32 bits per heavy atom. The zero-order valence-corrected chi connectivity index (χ0v) is 13.4. The number of carbonyl (C=O) groups excluding carboxylic acids is 1. The smallest absolute Gasteiger partial charge is 0.310 e. The molecule has 0 fully saturated rings. The van der Waals surface area contributed by atoms with Crippen molar-refractivity contribution in [3.8, 4) is 0 Å². The van der Waals surface area contributed by atoms with Crippen molar-refractivity contribution in [3.63, 3.8) is 0 Å². The molecular formula is C17H21FN2O2. The van der Waals surface area contributed by atoms with E-state index in [0.29, 0.717) is 0 Å². The van der Waals surface area contributed by atoms with E-state index in [0.717, 1.165) is 40.9 Å². The summed E-state index contributed by atoms with van der Waals surface area (Å²) in [6, 6.07) is 4.56. The minimum atomic E-state index is -0.325. The summed E-state index contributed by atoms with van der Waals surface area (Å²) in [5.74, 6) is -0.635. The fraction of sp³-hybridized carbons (Fsp3) is 0.412. The Balaban J connectivity index is 2.77. The summed E-state index contributed by atoms with van der Waals surface area (Å²) >= 11 is 0. The Hall–Kier alpha value is -2.17. The van der Waals surface area contributed by atoms with E-state index in [2.05, 4.69) is 9.88 Å². The largest absolute Gasteiger partial charge is 0.469 e. The maximum Gasteiger partial charge on any atom is 0.310 e. The number of nitrogens with zero attached hydrogens (tertiary/aromatic N) is 2. The molecule has 2 rings (SSSR count). The molecule has 0 spiro atoms. The highest BCUT2D eigenvalue weighted by molar-refractivity contribution is 5.95. The first kappa shape index (κ1) is 16.2. The number of aryl methyl sites for hydroxylation is 1. The lowest BCUT2D eigenvalue weighted by Crippen LogP contribution is -2.25. The normalized spacial score (nSPS) is 10.8. The summed E-state index contributed by atoms with van der Waals surface area (Å²) in [5, 5.41) is 0.730. The average Bonchev–Trinajstić information content (AvgIpc) is 2.51. The Bertz CT molecular complexity index is 697. The van der Waals surface area contributed by atoms with Gasteiger partial charge < -0.3 is 9.64 Å². The third kappa shape index (κ3) is 3.03. The molecule has 0 N–H and O–H groups in total. The van der Waals surface area contributed by atoms with Gasteiger partial charge in [-0.15, -0.1) is 0 Å². The number of anilines is 1. The van der Waals surface area contributed by atoms with Crippen LogP contribution in [0.3, 0.4) is 0 Å². The predicted molar refractivity (Wildman–Crippen MR) is 85.7 cm³/mol. The number of esters is 1. The lowest BCUT2D eigenvalue weighted by Gasteiger charge is -2.26. The number of carbonyl (C=O) groups is 1. The molecule has 0 atom stereocenters. The van der Waals surface area contributed by atoms with E-state index < -0.39 is 0 Å². The van der Waals surface area contributed by atoms with Crippen LogP contribution in [0.1, 0.15) is 25.1 Å². The third-order valence-corrected chi connectivity index (χ3v) is 3.85. The molecule has 118 valence electrons. The number of methoxy groups -OCH3 is 1. The van der Waals surface area contributed by atoms with Gasteiger partial charge in [-0.25, -0.2) is 4.39 Å². The Labute approximate surface area is 129 Å². The first-order valence-corrected chi connectivity index (χ1v) is 7.42. The van der Waals surface area contributed by atoms with Gasteiger partial charge in [0.15, 0.2) is 0 Å². The number of halogens is 1. The standard InChI is InChI=1S/C17H21FN2O2/c1-5-20(6-2)17-13(10-16(21)22-4)11(3)19-15-8-7-12(18)9-14(15)17/h7-9H,5-6,10H2,1-4H3. The topological polar surface area (TPSA) is 42.4 Å². The van der Waals surface area contributed by atoms with Crippen LogP contribution in [0, 0.1) is 12.7 Å². The van der Waals surface area contributed by atoms with E-state index in [-0.39, 0.29) is 18.2 Å². The molecule has 0 bridgehead atoms. The highest BCUT2D eigenvalue weighted by Crippen LogP contribution is 2.32. The maximum atomic E-state index is 13.7. The molecule has 2 aromatic rings. The number of fused-ring (bicyclic) bond motifs is 1. The minimum absolute atomic E-state index is 0.133. The molecule has 0 radical (unpaired) electrons. The molecule has 1 heterocycles. The molecular weight excluding hydrogens is 283 g/mol. The molecule has 4 nitrogen and oxygen atoms in total. The molecule has 1 aromatic carbocycles. The van der Waals surface area contributed by atoms with Crippen molar-refractivity contribution >= 4 is 22.6 Å². The quantitative estimate of drug-likeness (QED) is 0.795. The van der Waals surface area contributed by atoms with Crippen LogP contribution in [-0.2, 0) is 16.0 Å². The SMILES string of the molecule is CCN(CC)c1c(CC(=O)OC)c(C)nc2ccc(F)cc12. The van der Waals surface area contributed by atoms with Gasteiger partial charge in [-0.2, -0.15) is 0 Å². The molecule has 0 saturated carbocycles. The summed E-state index contributed by atoms with van der Waals surface area (Å²) in [6.45, 7) is 7.46. The van der Waals surface area contributed by atoms with Gasteiger partial charge in [0.25, 0.3) is 0 Å². The summed E-state index contributed by atoms with van der Waals surface area (Å²) in [6.07, 6.45) is 0.133. The Morgan fingerprint density at radius 2 is 2.00 bits per heavy atom. The summed E-state index contributed by atoms with van der Waals surface area (Å²) in [5.41, 5.74) is 3.17. The fourth-order valence-electron chi connectivity index (χ4n) is 2.71. The number of benzene rings is 1. The number of aromatic nitrogens is 1. The van der Waals surface area contributed by atoms with Gasteiger partial charge in [0.2, 0.25) is 0 Å². The number of pyridine rings is 1. The fourth-order valence-corrected chi connectivity index (χ4v) is 2.71. The van der Waals surface area contributed by atoms with Crippen molar-refractivity contribution in [3.05, 3.63) is 35.3 Å². The molecule has 5 heteroatoms. The van der Waals surface area contributed by atoms with Crippen LogP contribution in [0.25, 0.3) is 10.9 Å². The van der Waals surface area contributed by atoms with Crippen molar-refractivity contribution in [2.45, 2.75) is 27.2 Å². The summed E-state index contributed by atoms with van der Waals surface area (Å²) in [4.78, 5) is 18.4. The van der Waals surface area contributed by atoms with E-state index in [1.54, 1.807) is 6.07 Å². The predicted octanol–water partition coefficient (Wildman–Crippen LogP) is 3.24. The molecule has 0 aliphatic rings. The maximum absolute atomic E-state index is 13.7. The zero-order valence-electron chi connectivity index (χ0n) is 13.4. The van der Waals surface area contributed by atoms with Crippen molar-refractivity contribution in [1.82, 2.24) is 4.98 Å². The monoisotopic (exact) mass is 304 g/mol. The van der Waals surface area contributed by atoms with Gasteiger partial charge in [-0.05, 0) is 39.0 Å². The van der Waals surface area contributed by atoms with Crippen molar-refractivity contribution in [2.75, 3.05) is 25.1 Å². The second-order valence-corrected chi connectivity index (χ2v) is 5.11. The molecule has 1 aromatic heterocycles. The number of hydrogen-bond acceptors (Lipinski definition) is 4. The van der Waals surface area contributed by atoms with Crippen molar-refractivity contribution < 1.29 is 13.9 Å². The number of ether oxygens (including phenoxy) is 1. The van der Waals surface area contributed by atoms with Gasteiger partial charge in [-0.3, -0.25) is 9.78 Å². The Morgan fingerprint density at radius 3 is 2.59 bits per heavy atom. The molecule has 0 amide bonds. The van der Waals surface area contributed by atoms with E-state index in [9.17, 15) is 9.18 Å². The van der Waals surface area contributed by atoms with Crippen molar-refractivity contribution in [1.29, 1.82) is 0 Å². The van der Waals surface area contributed by atoms with Crippen LogP contribution >= 0.6 is 0 Å². The van der Waals surface area contributed by atoms with Crippen LogP contribution in [0.5, 0.6) is 0 Å².